The molecular formula is C16H19N5O. The SMILES string of the molecule is Cc1cc(C)n(CC(=O)NCc2cn3c(C)cccc3n2)n1. The van der Waals surface area contributed by atoms with Crippen LogP contribution in [0.2, 0.25) is 0 Å². The Hall–Kier alpha value is -2.63. The summed E-state index contributed by atoms with van der Waals surface area (Å²) in [7, 11) is 0. The van der Waals surface area contributed by atoms with Crippen LogP contribution in [-0.2, 0) is 17.9 Å². The van der Waals surface area contributed by atoms with E-state index >= 15 is 0 Å². The Morgan fingerprint density at radius 3 is 2.73 bits per heavy atom. The minimum absolute atomic E-state index is 0.0695. The van der Waals surface area contributed by atoms with Gasteiger partial charge in [-0.05, 0) is 39.0 Å². The number of carbonyl (C=O) groups is 1. The standard InChI is InChI=1S/C16H19N5O/c1-11-7-13(3)21(19-11)10-16(22)17-8-14-9-20-12(2)5-4-6-15(20)18-14/h4-7,9H,8,10H2,1-3H3,(H,17,22). The van der Waals surface area contributed by atoms with Crippen molar-refractivity contribution in [3.63, 3.8) is 0 Å². The van der Waals surface area contributed by atoms with Crippen molar-refractivity contribution < 1.29 is 4.79 Å². The third-order valence-corrected chi connectivity index (χ3v) is 3.61. The van der Waals surface area contributed by atoms with Crippen LogP contribution in [0.25, 0.3) is 5.65 Å². The van der Waals surface area contributed by atoms with E-state index in [0.29, 0.717) is 6.54 Å². The Bertz CT molecular complexity index is 830. The lowest BCUT2D eigenvalue weighted by Crippen LogP contribution is -2.28. The molecule has 0 bridgehead atoms. The van der Waals surface area contributed by atoms with Gasteiger partial charge in [0.25, 0.3) is 0 Å². The van der Waals surface area contributed by atoms with E-state index in [-0.39, 0.29) is 12.5 Å². The van der Waals surface area contributed by atoms with Crippen LogP contribution >= 0.6 is 0 Å². The zero-order valence-corrected chi connectivity index (χ0v) is 13.0. The molecule has 3 aromatic heterocycles. The van der Waals surface area contributed by atoms with E-state index in [1.807, 2.05) is 55.6 Å². The minimum Gasteiger partial charge on any atom is -0.349 e. The van der Waals surface area contributed by atoms with Crippen LogP contribution in [0, 0.1) is 20.8 Å². The average Bonchev–Trinajstić information content (AvgIpc) is 3.01. The summed E-state index contributed by atoms with van der Waals surface area (Å²) in [4.78, 5) is 16.5. The summed E-state index contributed by atoms with van der Waals surface area (Å²) in [5, 5.41) is 7.18. The largest absolute Gasteiger partial charge is 0.349 e. The van der Waals surface area contributed by atoms with Crippen molar-refractivity contribution in [3.05, 3.63) is 53.2 Å². The highest BCUT2D eigenvalue weighted by molar-refractivity contribution is 5.75. The number of nitrogens with zero attached hydrogens (tertiary/aromatic N) is 4. The number of hydrogen-bond donors (Lipinski definition) is 1. The van der Waals surface area contributed by atoms with Gasteiger partial charge < -0.3 is 9.72 Å². The van der Waals surface area contributed by atoms with Gasteiger partial charge >= 0.3 is 0 Å². The summed E-state index contributed by atoms with van der Waals surface area (Å²) < 4.78 is 3.72. The van der Waals surface area contributed by atoms with Crippen molar-refractivity contribution in [2.24, 2.45) is 0 Å². The van der Waals surface area contributed by atoms with Gasteiger partial charge in [-0.25, -0.2) is 4.98 Å². The van der Waals surface area contributed by atoms with Crippen molar-refractivity contribution in [3.8, 4) is 0 Å². The summed E-state index contributed by atoms with van der Waals surface area (Å²) >= 11 is 0. The highest BCUT2D eigenvalue weighted by Gasteiger charge is 2.08. The quantitative estimate of drug-likeness (QED) is 0.798. The van der Waals surface area contributed by atoms with E-state index in [1.165, 1.54) is 0 Å². The number of aromatic nitrogens is 4. The molecule has 0 saturated carbocycles. The number of pyridine rings is 1. The lowest BCUT2D eigenvalue weighted by atomic mass is 10.4. The van der Waals surface area contributed by atoms with Crippen LogP contribution in [0.15, 0.2) is 30.5 Å². The number of amides is 1. The highest BCUT2D eigenvalue weighted by atomic mass is 16.2. The second kappa shape index (κ2) is 5.63. The van der Waals surface area contributed by atoms with Gasteiger partial charge in [0.05, 0.1) is 17.9 Å². The van der Waals surface area contributed by atoms with Gasteiger partial charge in [-0.1, -0.05) is 6.07 Å². The van der Waals surface area contributed by atoms with E-state index in [2.05, 4.69) is 15.4 Å². The van der Waals surface area contributed by atoms with Crippen LogP contribution in [0.5, 0.6) is 0 Å². The van der Waals surface area contributed by atoms with Crippen molar-refractivity contribution >= 4 is 11.6 Å². The molecule has 6 heteroatoms. The second-order valence-corrected chi connectivity index (χ2v) is 5.49. The first-order valence-electron chi connectivity index (χ1n) is 7.24. The lowest BCUT2D eigenvalue weighted by Gasteiger charge is -2.05. The Morgan fingerprint density at radius 2 is 2.05 bits per heavy atom. The molecule has 0 aliphatic heterocycles. The molecule has 0 atom stereocenters. The first-order valence-corrected chi connectivity index (χ1v) is 7.24. The van der Waals surface area contributed by atoms with E-state index in [0.717, 1.165) is 28.4 Å². The molecule has 3 heterocycles. The van der Waals surface area contributed by atoms with Crippen LogP contribution in [0.3, 0.4) is 0 Å². The average molecular weight is 297 g/mol. The molecule has 0 aliphatic carbocycles. The van der Waals surface area contributed by atoms with Gasteiger partial charge in [-0.3, -0.25) is 9.48 Å². The van der Waals surface area contributed by atoms with Crippen LogP contribution < -0.4 is 5.32 Å². The second-order valence-electron chi connectivity index (χ2n) is 5.49. The number of hydrogen-bond acceptors (Lipinski definition) is 3. The number of imidazole rings is 1. The zero-order chi connectivity index (χ0) is 15.7. The third kappa shape index (κ3) is 2.86. The normalized spacial score (nSPS) is 11.0. The van der Waals surface area contributed by atoms with Gasteiger partial charge in [0.2, 0.25) is 5.91 Å². The summed E-state index contributed by atoms with van der Waals surface area (Å²) in [6, 6.07) is 7.91. The first-order chi connectivity index (χ1) is 10.5. The van der Waals surface area contributed by atoms with Crippen molar-refractivity contribution in [2.45, 2.75) is 33.9 Å². The molecule has 1 amide bonds. The van der Waals surface area contributed by atoms with Gasteiger partial charge in [0.15, 0.2) is 0 Å². The fourth-order valence-electron chi connectivity index (χ4n) is 2.50. The fourth-order valence-corrected chi connectivity index (χ4v) is 2.50. The van der Waals surface area contributed by atoms with Crippen molar-refractivity contribution in [1.82, 2.24) is 24.5 Å². The molecular weight excluding hydrogens is 278 g/mol. The molecule has 0 radical (unpaired) electrons. The topological polar surface area (TPSA) is 64.2 Å². The lowest BCUT2D eigenvalue weighted by molar-refractivity contribution is -0.122. The predicted molar refractivity (Wildman–Crippen MR) is 83.5 cm³/mol. The Kier molecular flexibility index (Phi) is 3.66. The highest BCUT2D eigenvalue weighted by Crippen LogP contribution is 2.08. The molecule has 22 heavy (non-hydrogen) atoms. The maximum Gasteiger partial charge on any atom is 0.242 e. The first kappa shape index (κ1) is 14.3. The molecule has 0 fully saturated rings. The number of nitrogens with one attached hydrogen (secondary N) is 1. The smallest absolute Gasteiger partial charge is 0.242 e. The minimum atomic E-state index is -0.0695. The monoisotopic (exact) mass is 297 g/mol. The molecule has 114 valence electrons. The summed E-state index contributed by atoms with van der Waals surface area (Å²) in [5.41, 5.74) is 4.75. The Balaban J connectivity index is 1.65. The maximum atomic E-state index is 12.0. The van der Waals surface area contributed by atoms with Gasteiger partial charge in [0, 0.05) is 17.6 Å². The summed E-state index contributed by atoms with van der Waals surface area (Å²) in [5.74, 6) is -0.0695. The van der Waals surface area contributed by atoms with Crippen LogP contribution in [0.4, 0.5) is 0 Å². The molecule has 0 unspecified atom stereocenters. The van der Waals surface area contributed by atoms with E-state index in [9.17, 15) is 4.79 Å². The fraction of sp³-hybridized carbons (Fsp3) is 0.312. The van der Waals surface area contributed by atoms with Crippen molar-refractivity contribution in [2.75, 3.05) is 0 Å². The van der Waals surface area contributed by atoms with Crippen molar-refractivity contribution in [1.29, 1.82) is 0 Å². The number of rotatable bonds is 4. The number of fused-ring (bicyclic) bond motifs is 1. The number of carbonyl (C=O) groups excluding carboxylic acids is 1. The summed E-state index contributed by atoms with van der Waals surface area (Å²) in [6.07, 6.45) is 1.95. The van der Waals surface area contributed by atoms with Crippen LogP contribution in [0.1, 0.15) is 22.8 Å². The van der Waals surface area contributed by atoms with Gasteiger partial charge in [-0.2, -0.15) is 5.10 Å². The maximum absolute atomic E-state index is 12.0. The Labute approximate surface area is 128 Å². The van der Waals surface area contributed by atoms with Gasteiger partial charge in [-0.15, -0.1) is 0 Å². The van der Waals surface area contributed by atoms with E-state index in [1.54, 1.807) is 4.68 Å². The van der Waals surface area contributed by atoms with E-state index < -0.39 is 0 Å². The van der Waals surface area contributed by atoms with E-state index in [4.69, 9.17) is 0 Å². The molecule has 0 spiro atoms. The molecule has 3 rings (SSSR count). The molecule has 6 nitrogen and oxygen atoms in total. The third-order valence-electron chi connectivity index (χ3n) is 3.61. The Morgan fingerprint density at radius 1 is 1.23 bits per heavy atom. The zero-order valence-electron chi connectivity index (χ0n) is 13.0. The summed E-state index contributed by atoms with van der Waals surface area (Å²) in [6.45, 7) is 6.53. The van der Waals surface area contributed by atoms with Gasteiger partial charge in [0.1, 0.15) is 12.2 Å². The molecule has 0 aliphatic rings. The molecule has 0 aromatic carbocycles. The predicted octanol–water partition coefficient (Wildman–Crippen LogP) is 1.77. The molecule has 1 N–H and O–H groups in total. The molecule has 0 saturated heterocycles. The molecule has 3 aromatic rings. The number of aryl methyl sites for hydroxylation is 3. The van der Waals surface area contributed by atoms with Crippen LogP contribution in [-0.4, -0.2) is 25.1 Å².